The number of aryl methyl sites for hydroxylation is 1. The molecule has 0 radical (unpaired) electrons. The standard InChI is InChI=1S/C22H20N2O7S/c1-12-18(13-5-8-15(29-2)9-6-13)19(22(26)31-4)21(32-12)23-20(25)14-7-10-17(30-3)16(11-14)24(27)28/h5-11H,1-4H3,(H,23,25). The Bertz CT molecular complexity index is 1190. The van der Waals surface area contributed by atoms with E-state index < -0.39 is 16.8 Å². The van der Waals surface area contributed by atoms with Crippen molar-refractivity contribution in [2.24, 2.45) is 0 Å². The van der Waals surface area contributed by atoms with E-state index in [1.165, 1.54) is 37.7 Å². The maximum atomic E-state index is 12.9. The lowest BCUT2D eigenvalue weighted by atomic mass is 10.0. The van der Waals surface area contributed by atoms with Gasteiger partial charge in [0.05, 0.1) is 26.3 Å². The van der Waals surface area contributed by atoms with Gasteiger partial charge < -0.3 is 19.5 Å². The first-order chi connectivity index (χ1) is 15.3. The van der Waals surface area contributed by atoms with Crippen molar-refractivity contribution in [1.82, 2.24) is 0 Å². The number of hydrogen-bond donors (Lipinski definition) is 1. The van der Waals surface area contributed by atoms with E-state index in [0.717, 1.165) is 16.5 Å². The molecule has 1 amide bonds. The Morgan fingerprint density at radius 1 is 1.03 bits per heavy atom. The number of esters is 1. The minimum absolute atomic E-state index is 0.0376. The molecule has 0 bridgehead atoms. The van der Waals surface area contributed by atoms with Gasteiger partial charge in [0.15, 0.2) is 5.75 Å². The number of thiophene rings is 1. The van der Waals surface area contributed by atoms with Crippen molar-refractivity contribution in [3.8, 4) is 22.6 Å². The number of carbonyl (C=O) groups is 2. The second kappa shape index (κ2) is 9.48. The van der Waals surface area contributed by atoms with Crippen LogP contribution < -0.4 is 14.8 Å². The number of ether oxygens (including phenoxy) is 3. The molecule has 0 aliphatic heterocycles. The minimum Gasteiger partial charge on any atom is -0.497 e. The van der Waals surface area contributed by atoms with Gasteiger partial charge in [0.25, 0.3) is 5.91 Å². The fourth-order valence-electron chi connectivity index (χ4n) is 3.18. The summed E-state index contributed by atoms with van der Waals surface area (Å²) < 4.78 is 15.1. The van der Waals surface area contributed by atoms with Crippen LogP contribution in [-0.4, -0.2) is 38.1 Å². The molecule has 3 aromatic rings. The minimum atomic E-state index is -0.632. The van der Waals surface area contributed by atoms with E-state index in [4.69, 9.17) is 14.2 Å². The second-order valence-electron chi connectivity index (χ2n) is 6.56. The number of anilines is 1. The summed E-state index contributed by atoms with van der Waals surface area (Å²) in [6, 6.07) is 11.0. The van der Waals surface area contributed by atoms with E-state index in [2.05, 4.69) is 5.32 Å². The van der Waals surface area contributed by atoms with Crippen LogP contribution >= 0.6 is 11.3 Å². The number of benzene rings is 2. The monoisotopic (exact) mass is 456 g/mol. The Morgan fingerprint density at radius 2 is 1.72 bits per heavy atom. The van der Waals surface area contributed by atoms with Gasteiger partial charge in [0.2, 0.25) is 0 Å². The van der Waals surface area contributed by atoms with Gasteiger partial charge in [-0.2, -0.15) is 0 Å². The van der Waals surface area contributed by atoms with Crippen molar-refractivity contribution < 1.29 is 28.7 Å². The number of methoxy groups -OCH3 is 3. The molecule has 1 heterocycles. The molecule has 0 atom stereocenters. The van der Waals surface area contributed by atoms with Crippen molar-refractivity contribution in [3.63, 3.8) is 0 Å². The fourth-order valence-corrected chi connectivity index (χ4v) is 4.24. The van der Waals surface area contributed by atoms with Crippen molar-refractivity contribution in [2.75, 3.05) is 26.6 Å². The summed E-state index contributed by atoms with van der Waals surface area (Å²) in [5, 5.41) is 14.2. The number of nitro benzene ring substituents is 1. The Hall–Kier alpha value is -3.92. The van der Waals surface area contributed by atoms with Crippen LogP contribution in [0.15, 0.2) is 42.5 Å². The molecule has 1 N–H and O–H groups in total. The SMILES string of the molecule is COC(=O)c1c(NC(=O)c2ccc(OC)c([N+](=O)[O-])c2)sc(C)c1-c1ccc(OC)cc1. The average molecular weight is 456 g/mol. The summed E-state index contributed by atoms with van der Waals surface area (Å²) in [6.07, 6.45) is 0. The third kappa shape index (κ3) is 4.40. The molecule has 32 heavy (non-hydrogen) atoms. The lowest BCUT2D eigenvalue weighted by molar-refractivity contribution is -0.385. The van der Waals surface area contributed by atoms with Crippen LogP contribution in [0.4, 0.5) is 10.7 Å². The highest BCUT2D eigenvalue weighted by Crippen LogP contribution is 2.41. The summed E-state index contributed by atoms with van der Waals surface area (Å²) in [5.41, 5.74) is 1.29. The number of carbonyl (C=O) groups excluding carboxylic acids is 2. The van der Waals surface area contributed by atoms with Gasteiger partial charge in [0.1, 0.15) is 16.3 Å². The van der Waals surface area contributed by atoms with Crippen molar-refractivity contribution >= 4 is 33.9 Å². The summed E-state index contributed by atoms with van der Waals surface area (Å²) in [4.78, 5) is 36.9. The van der Waals surface area contributed by atoms with Gasteiger partial charge >= 0.3 is 11.7 Å². The van der Waals surface area contributed by atoms with Crippen molar-refractivity contribution in [2.45, 2.75) is 6.92 Å². The number of amides is 1. The summed E-state index contributed by atoms with van der Waals surface area (Å²) >= 11 is 1.21. The number of rotatable bonds is 7. The first-order valence-electron chi connectivity index (χ1n) is 9.30. The number of hydrogen-bond acceptors (Lipinski definition) is 8. The summed E-state index contributed by atoms with van der Waals surface area (Å²) in [7, 11) is 4.12. The molecular weight excluding hydrogens is 436 g/mol. The lowest BCUT2D eigenvalue weighted by Crippen LogP contribution is -2.14. The molecule has 2 aromatic carbocycles. The van der Waals surface area contributed by atoms with Gasteiger partial charge in [-0.1, -0.05) is 12.1 Å². The van der Waals surface area contributed by atoms with Crippen LogP contribution in [0.5, 0.6) is 11.5 Å². The van der Waals surface area contributed by atoms with E-state index in [9.17, 15) is 19.7 Å². The molecule has 10 heteroatoms. The molecular formula is C22H20N2O7S. The largest absolute Gasteiger partial charge is 0.497 e. The predicted octanol–water partition coefficient (Wildman–Crippen LogP) is 4.69. The zero-order valence-electron chi connectivity index (χ0n) is 17.8. The topological polar surface area (TPSA) is 117 Å². The molecule has 0 saturated heterocycles. The number of nitro groups is 1. The molecule has 0 spiro atoms. The molecule has 3 rings (SSSR count). The average Bonchev–Trinajstić information content (AvgIpc) is 3.13. The third-order valence-corrected chi connectivity index (χ3v) is 5.74. The highest BCUT2D eigenvalue weighted by atomic mass is 32.1. The fraction of sp³-hybridized carbons (Fsp3) is 0.182. The Balaban J connectivity index is 2.03. The molecule has 0 unspecified atom stereocenters. The predicted molar refractivity (Wildman–Crippen MR) is 120 cm³/mol. The smallest absolute Gasteiger partial charge is 0.341 e. The highest BCUT2D eigenvalue weighted by molar-refractivity contribution is 7.17. The quantitative estimate of drug-likeness (QED) is 0.311. The maximum absolute atomic E-state index is 12.9. The zero-order chi connectivity index (χ0) is 23.4. The Kier molecular flexibility index (Phi) is 6.74. The van der Waals surface area contributed by atoms with Crippen LogP contribution in [0.1, 0.15) is 25.6 Å². The molecule has 9 nitrogen and oxygen atoms in total. The second-order valence-corrected chi connectivity index (χ2v) is 7.78. The van der Waals surface area contributed by atoms with Crippen LogP contribution in [0.2, 0.25) is 0 Å². The van der Waals surface area contributed by atoms with Gasteiger partial charge in [-0.05, 0) is 36.8 Å². The van der Waals surface area contributed by atoms with E-state index in [1.54, 1.807) is 31.4 Å². The van der Waals surface area contributed by atoms with Crippen LogP contribution in [-0.2, 0) is 4.74 Å². The zero-order valence-corrected chi connectivity index (χ0v) is 18.6. The molecule has 1 aromatic heterocycles. The molecule has 0 aliphatic carbocycles. The normalized spacial score (nSPS) is 10.4. The molecule has 0 aliphatic rings. The van der Waals surface area contributed by atoms with Gasteiger partial charge in [-0.15, -0.1) is 11.3 Å². The number of nitrogens with one attached hydrogen (secondary N) is 1. The lowest BCUT2D eigenvalue weighted by Gasteiger charge is -2.09. The summed E-state index contributed by atoms with van der Waals surface area (Å²) in [6.45, 7) is 1.82. The van der Waals surface area contributed by atoms with Crippen LogP contribution in [0.25, 0.3) is 11.1 Å². The van der Waals surface area contributed by atoms with E-state index in [1.807, 2.05) is 6.92 Å². The first-order valence-corrected chi connectivity index (χ1v) is 10.1. The van der Waals surface area contributed by atoms with Gasteiger partial charge in [-0.3, -0.25) is 14.9 Å². The Morgan fingerprint density at radius 3 is 2.28 bits per heavy atom. The van der Waals surface area contributed by atoms with E-state index in [-0.39, 0.29) is 27.6 Å². The molecule has 0 fully saturated rings. The van der Waals surface area contributed by atoms with Gasteiger partial charge in [0, 0.05) is 22.1 Å². The highest BCUT2D eigenvalue weighted by Gasteiger charge is 2.26. The van der Waals surface area contributed by atoms with E-state index in [0.29, 0.717) is 11.3 Å². The first kappa shape index (κ1) is 22.8. The molecule has 0 saturated carbocycles. The third-order valence-electron chi connectivity index (χ3n) is 4.72. The Labute approximate surface area is 187 Å². The molecule has 166 valence electrons. The van der Waals surface area contributed by atoms with Crippen molar-refractivity contribution in [3.05, 3.63) is 68.6 Å². The summed E-state index contributed by atoms with van der Waals surface area (Å²) in [5.74, 6) is -0.522. The van der Waals surface area contributed by atoms with Crippen molar-refractivity contribution in [1.29, 1.82) is 0 Å². The van der Waals surface area contributed by atoms with Gasteiger partial charge in [-0.25, -0.2) is 4.79 Å². The van der Waals surface area contributed by atoms with Crippen LogP contribution in [0.3, 0.4) is 0 Å². The number of nitrogens with zero attached hydrogens (tertiary/aromatic N) is 1. The maximum Gasteiger partial charge on any atom is 0.341 e. The van der Waals surface area contributed by atoms with E-state index >= 15 is 0 Å². The van der Waals surface area contributed by atoms with Crippen LogP contribution in [0, 0.1) is 17.0 Å².